The van der Waals surface area contributed by atoms with Crippen LogP contribution in [0.1, 0.15) is 26.3 Å². The summed E-state index contributed by atoms with van der Waals surface area (Å²) in [7, 11) is -2.17. The first-order valence-electron chi connectivity index (χ1n) is 8.37. The van der Waals surface area contributed by atoms with E-state index in [1.807, 2.05) is 0 Å². The number of carbonyl (C=O) groups excluding carboxylic acids is 2. The van der Waals surface area contributed by atoms with Gasteiger partial charge in [-0.15, -0.1) is 6.58 Å². The van der Waals surface area contributed by atoms with E-state index in [1.165, 1.54) is 29.6 Å². The number of nitrogens with one attached hydrogen (secondary N) is 1. The van der Waals surface area contributed by atoms with Gasteiger partial charge in [-0.25, -0.2) is 13.2 Å². The van der Waals surface area contributed by atoms with Gasteiger partial charge >= 0.3 is 5.97 Å². The maximum Gasteiger partial charge on any atom is 0.338 e. The molecule has 2 aromatic rings. The van der Waals surface area contributed by atoms with E-state index in [2.05, 4.69) is 11.9 Å². The van der Waals surface area contributed by atoms with Gasteiger partial charge in [-0.05, 0) is 48.9 Å². The van der Waals surface area contributed by atoms with E-state index in [9.17, 15) is 18.0 Å². The molecule has 0 aliphatic rings. The van der Waals surface area contributed by atoms with Crippen LogP contribution in [0, 0.1) is 6.92 Å². The summed E-state index contributed by atoms with van der Waals surface area (Å²) in [5, 5.41) is 2.76. The van der Waals surface area contributed by atoms with Gasteiger partial charge in [0.05, 0.1) is 31.2 Å². The number of esters is 1. The zero-order chi connectivity index (χ0) is 20.9. The molecule has 28 heavy (non-hydrogen) atoms. The molecule has 0 unspecified atom stereocenters. The summed E-state index contributed by atoms with van der Waals surface area (Å²) < 4.78 is 29.7. The van der Waals surface area contributed by atoms with Gasteiger partial charge in [-0.3, -0.25) is 9.10 Å². The molecule has 0 spiro atoms. The van der Waals surface area contributed by atoms with Crippen LogP contribution in [-0.2, 0) is 14.8 Å². The van der Waals surface area contributed by atoms with E-state index in [0.717, 1.165) is 6.26 Å². The highest BCUT2D eigenvalue weighted by atomic mass is 32.2. The predicted octanol–water partition coefficient (Wildman–Crippen LogP) is 2.99. The number of benzene rings is 2. The van der Waals surface area contributed by atoms with Crippen molar-refractivity contribution in [1.29, 1.82) is 0 Å². The lowest BCUT2D eigenvalue weighted by molar-refractivity contribution is 0.0599. The van der Waals surface area contributed by atoms with E-state index in [1.54, 1.807) is 37.3 Å². The summed E-state index contributed by atoms with van der Waals surface area (Å²) in [6.45, 7) is 5.40. The van der Waals surface area contributed by atoms with Crippen LogP contribution >= 0.6 is 0 Å². The molecular weight excluding hydrogens is 380 g/mol. The summed E-state index contributed by atoms with van der Waals surface area (Å²) in [6.07, 6.45) is 2.59. The van der Waals surface area contributed by atoms with Gasteiger partial charge in [0.2, 0.25) is 10.0 Å². The summed E-state index contributed by atoms with van der Waals surface area (Å²) in [5.74, 6) is -0.868. The van der Waals surface area contributed by atoms with Crippen LogP contribution < -0.4 is 9.62 Å². The zero-order valence-electron chi connectivity index (χ0n) is 15.9. The highest BCUT2D eigenvalue weighted by Gasteiger charge is 2.17. The van der Waals surface area contributed by atoms with Crippen LogP contribution in [-0.4, -0.2) is 40.2 Å². The Morgan fingerprint density at radius 2 is 1.82 bits per heavy atom. The Bertz CT molecular complexity index is 998. The van der Waals surface area contributed by atoms with Crippen LogP contribution in [0.3, 0.4) is 0 Å². The van der Waals surface area contributed by atoms with Crippen molar-refractivity contribution in [3.8, 4) is 0 Å². The number of anilines is 2. The third-order valence-corrected chi connectivity index (χ3v) is 5.26. The van der Waals surface area contributed by atoms with Crippen molar-refractivity contribution in [2.45, 2.75) is 6.92 Å². The largest absolute Gasteiger partial charge is 0.465 e. The molecule has 0 atom stereocenters. The van der Waals surface area contributed by atoms with E-state index in [-0.39, 0.29) is 12.5 Å². The minimum Gasteiger partial charge on any atom is -0.465 e. The second kappa shape index (κ2) is 8.71. The lowest BCUT2D eigenvalue weighted by atomic mass is 10.1. The molecule has 8 heteroatoms. The SMILES string of the molecule is C=CCN(c1ccc(C(=O)Nc2cccc(C(=O)OC)c2C)cc1)S(C)(=O)=O. The standard InChI is InChI=1S/C20H22N2O5S/c1-5-13-22(28(4,25)26)16-11-9-15(10-12-16)19(23)21-18-8-6-7-17(14(18)2)20(24)27-3/h5-12H,1,13H2,2-4H3,(H,21,23). The van der Waals surface area contributed by atoms with Gasteiger partial charge in [0.25, 0.3) is 5.91 Å². The molecule has 0 aliphatic heterocycles. The number of ether oxygens (including phenoxy) is 1. The molecule has 2 aromatic carbocycles. The fourth-order valence-electron chi connectivity index (χ4n) is 2.63. The maximum atomic E-state index is 12.5. The number of rotatable bonds is 7. The van der Waals surface area contributed by atoms with Gasteiger partial charge < -0.3 is 10.1 Å². The van der Waals surface area contributed by atoms with Gasteiger partial charge in [0.15, 0.2) is 0 Å². The van der Waals surface area contributed by atoms with Crippen LogP contribution in [0.5, 0.6) is 0 Å². The second-order valence-electron chi connectivity index (χ2n) is 6.05. The molecule has 148 valence electrons. The molecule has 1 amide bonds. The number of carbonyl (C=O) groups is 2. The molecular formula is C20H22N2O5S. The second-order valence-corrected chi connectivity index (χ2v) is 7.96. The number of hydrogen-bond donors (Lipinski definition) is 1. The van der Waals surface area contributed by atoms with Crippen LogP contribution in [0.4, 0.5) is 11.4 Å². The van der Waals surface area contributed by atoms with Crippen LogP contribution in [0.2, 0.25) is 0 Å². The summed E-state index contributed by atoms with van der Waals surface area (Å²) >= 11 is 0. The molecule has 0 aliphatic carbocycles. The highest BCUT2D eigenvalue weighted by molar-refractivity contribution is 7.92. The Kier molecular flexibility index (Phi) is 6.58. The van der Waals surface area contributed by atoms with E-state index < -0.39 is 16.0 Å². The topological polar surface area (TPSA) is 92.8 Å². The van der Waals surface area contributed by atoms with Gasteiger partial charge in [0, 0.05) is 11.3 Å². The number of sulfonamides is 1. The van der Waals surface area contributed by atoms with Gasteiger partial charge in [-0.1, -0.05) is 12.1 Å². The average Bonchev–Trinajstić information content (AvgIpc) is 2.66. The predicted molar refractivity (Wildman–Crippen MR) is 109 cm³/mol. The first-order valence-corrected chi connectivity index (χ1v) is 10.2. The van der Waals surface area contributed by atoms with Crippen molar-refractivity contribution < 1.29 is 22.7 Å². The fourth-order valence-corrected chi connectivity index (χ4v) is 3.51. The van der Waals surface area contributed by atoms with Crippen LogP contribution in [0.15, 0.2) is 55.1 Å². The minimum absolute atomic E-state index is 0.129. The van der Waals surface area contributed by atoms with E-state index in [4.69, 9.17) is 4.74 Å². The van der Waals surface area contributed by atoms with Crippen molar-refractivity contribution >= 4 is 33.3 Å². The molecule has 7 nitrogen and oxygen atoms in total. The third kappa shape index (κ3) is 4.77. The highest BCUT2D eigenvalue weighted by Crippen LogP contribution is 2.22. The smallest absolute Gasteiger partial charge is 0.338 e. The molecule has 0 aromatic heterocycles. The van der Waals surface area contributed by atoms with Crippen molar-refractivity contribution in [2.75, 3.05) is 29.5 Å². The first-order chi connectivity index (χ1) is 13.2. The fraction of sp³-hybridized carbons (Fsp3) is 0.200. The first kappa shape index (κ1) is 21.2. The Morgan fingerprint density at radius 1 is 1.18 bits per heavy atom. The Hall–Kier alpha value is -3.13. The van der Waals surface area contributed by atoms with E-state index >= 15 is 0 Å². The maximum absolute atomic E-state index is 12.5. The molecule has 0 radical (unpaired) electrons. The monoisotopic (exact) mass is 402 g/mol. The zero-order valence-corrected chi connectivity index (χ0v) is 16.7. The molecule has 0 bridgehead atoms. The Balaban J connectivity index is 2.25. The average molecular weight is 402 g/mol. The summed E-state index contributed by atoms with van der Waals surface area (Å²) in [5.41, 5.74) is 2.22. The number of methoxy groups -OCH3 is 1. The molecule has 0 saturated carbocycles. The number of amides is 1. The van der Waals surface area contributed by atoms with Crippen molar-refractivity contribution in [3.63, 3.8) is 0 Å². The van der Waals surface area contributed by atoms with Crippen molar-refractivity contribution in [1.82, 2.24) is 0 Å². The van der Waals surface area contributed by atoms with Crippen molar-refractivity contribution in [3.05, 3.63) is 71.8 Å². The Morgan fingerprint density at radius 3 is 2.36 bits per heavy atom. The number of nitrogens with zero attached hydrogens (tertiary/aromatic N) is 1. The van der Waals surface area contributed by atoms with Gasteiger partial charge in [-0.2, -0.15) is 0 Å². The van der Waals surface area contributed by atoms with Crippen molar-refractivity contribution in [2.24, 2.45) is 0 Å². The summed E-state index contributed by atoms with van der Waals surface area (Å²) in [6, 6.07) is 11.1. The molecule has 1 N–H and O–H groups in total. The summed E-state index contributed by atoms with van der Waals surface area (Å²) in [4.78, 5) is 24.3. The van der Waals surface area contributed by atoms with Crippen LogP contribution in [0.25, 0.3) is 0 Å². The number of hydrogen-bond acceptors (Lipinski definition) is 5. The minimum atomic E-state index is -3.47. The van der Waals surface area contributed by atoms with E-state index in [0.29, 0.717) is 28.1 Å². The third-order valence-electron chi connectivity index (χ3n) is 4.10. The lowest BCUT2D eigenvalue weighted by Crippen LogP contribution is -2.29. The lowest BCUT2D eigenvalue weighted by Gasteiger charge is -2.20. The molecule has 2 rings (SSSR count). The molecule has 0 fully saturated rings. The molecule has 0 heterocycles. The quantitative estimate of drug-likeness (QED) is 0.568. The Labute approximate surface area is 164 Å². The normalized spacial score (nSPS) is 10.8. The van der Waals surface area contributed by atoms with Gasteiger partial charge in [0.1, 0.15) is 0 Å². The molecule has 0 saturated heterocycles.